The molecule has 26 heavy (non-hydrogen) atoms. The Labute approximate surface area is 150 Å². The van der Waals surface area contributed by atoms with Gasteiger partial charge in [0.1, 0.15) is 0 Å². The molecule has 0 radical (unpaired) electrons. The molecule has 1 aromatic heterocycles. The number of fused-ring (bicyclic) bond motifs is 1. The van der Waals surface area contributed by atoms with Crippen LogP contribution in [0.1, 0.15) is 15.9 Å². The van der Waals surface area contributed by atoms with Crippen molar-refractivity contribution in [2.75, 3.05) is 11.6 Å². The zero-order valence-corrected chi connectivity index (χ0v) is 14.8. The normalized spacial score (nSPS) is 12.3. The van der Waals surface area contributed by atoms with Crippen molar-refractivity contribution in [2.45, 2.75) is 11.1 Å². The van der Waals surface area contributed by atoms with E-state index in [4.69, 9.17) is 0 Å². The maximum Gasteiger partial charge on any atom is 0.416 e. The number of halogens is 3. The Morgan fingerprint density at radius 3 is 2.35 bits per heavy atom. The molecule has 0 spiro atoms. The summed E-state index contributed by atoms with van der Waals surface area (Å²) in [6, 6.07) is 8.20. The molecule has 5 nitrogen and oxygen atoms in total. The summed E-state index contributed by atoms with van der Waals surface area (Å²) in [5.41, 5.74) is -0.290. The number of carbonyl (C=O) groups is 1. The number of hydrogen-bond acceptors (Lipinski definition) is 5. The summed E-state index contributed by atoms with van der Waals surface area (Å²) < 4.78 is 61.4. The molecule has 0 atom stereocenters. The number of hydrogen-bond donors (Lipinski definition) is 1. The third kappa shape index (κ3) is 3.86. The number of carbonyl (C=O) groups excluding carboxylic acids is 1. The van der Waals surface area contributed by atoms with Crippen LogP contribution in [0.4, 0.5) is 18.3 Å². The van der Waals surface area contributed by atoms with Crippen molar-refractivity contribution < 1.29 is 26.4 Å². The molecule has 0 saturated heterocycles. The van der Waals surface area contributed by atoms with E-state index in [1.807, 2.05) is 0 Å². The molecule has 10 heteroatoms. The fourth-order valence-electron chi connectivity index (χ4n) is 2.17. The van der Waals surface area contributed by atoms with Crippen LogP contribution in [-0.4, -0.2) is 25.6 Å². The standard InChI is InChI=1S/C16H11F3N2O3S2/c1-26(23,24)11-6-7-12-13(8-11)25-15(20-12)21-14(22)9-2-4-10(5-3-9)16(17,18)19/h2-8H,1H3,(H,20,21,22). The molecule has 0 unspecified atom stereocenters. The summed E-state index contributed by atoms with van der Waals surface area (Å²) in [7, 11) is -3.37. The lowest BCUT2D eigenvalue weighted by molar-refractivity contribution is -0.137. The van der Waals surface area contributed by atoms with E-state index in [-0.39, 0.29) is 15.6 Å². The monoisotopic (exact) mass is 400 g/mol. The van der Waals surface area contributed by atoms with Crippen molar-refractivity contribution >= 4 is 42.4 Å². The second-order valence-corrected chi connectivity index (χ2v) is 8.50. The number of benzene rings is 2. The van der Waals surface area contributed by atoms with Gasteiger partial charge in [-0.15, -0.1) is 0 Å². The quantitative estimate of drug-likeness (QED) is 0.722. The minimum atomic E-state index is -4.47. The fourth-order valence-corrected chi connectivity index (χ4v) is 3.79. The minimum absolute atomic E-state index is 0.0501. The molecule has 0 aliphatic rings. The first-order chi connectivity index (χ1) is 12.0. The van der Waals surface area contributed by atoms with Crippen LogP contribution >= 0.6 is 11.3 Å². The summed E-state index contributed by atoms with van der Waals surface area (Å²) >= 11 is 1.07. The number of nitrogens with zero attached hydrogens (tertiary/aromatic N) is 1. The number of thiazole rings is 1. The Morgan fingerprint density at radius 2 is 1.77 bits per heavy atom. The third-order valence-corrected chi connectivity index (χ3v) is 5.53. The van der Waals surface area contributed by atoms with Gasteiger partial charge < -0.3 is 0 Å². The van der Waals surface area contributed by atoms with Gasteiger partial charge in [-0.3, -0.25) is 10.1 Å². The molecule has 1 heterocycles. The van der Waals surface area contributed by atoms with Gasteiger partial charge in [-0.2, -0.15) is 13.2 Å². The van der Waals surface area contributed by atoms with Crippen LogP contribution < -0.4 is 5.32 Å². The van der Waals surface area contributed by atoms with Gasteiger partial charge in [-0.1, -0.05) is 11.3 Å². The molecule has 3 aromatic rings. The number of rotatable bonds is 3. The maximum atomic E-state index is 12.6. The van der Waals surface area contributed by atoms with Crippen molar-refractivity contribution in [3.8, 4) is 0 Å². The number of amides is 1. The molecule has 2 aromatic carbocycles. The lowest BCUT2D eigenvalue weighted by Gasteiger charge is -2.07. The van der Waals surface area contributed by atoms with Crippen molar-refractivity contribution in [3.05, 3.63) is 53.6 Å². The Bertz CT molecular complexity index is 1090. The van der Waals surface area contributed by atoms with Crippen LogP contribution in [0.5, 0.6) is 0 Å². The van der Waals surface area contributed by atoms with E-state index in [2.05, 4.69) is 10.3 Å². The highest BCUT2D eigenvalue weighted by molar-refractivity contribution is 7.90. The number of anilines is 1. The molecule has 1 amide bonds. The highest BCUT2D eigenvalue weighted by Crippen LogP contribution is 2.30. The zero-order valence-electron chi connectivity index (χ0n) is 13.2. The second-order valence-electron chi connectivity index (χ2n) is 5.45. The van der Waals surface area contributed by atoms with Crippen LogP contribution in [0.15, 0.2) is 47.4 Å². The molecular weight excluding hydrogens is 389 g/mol. The third-order valence-electron chi connectivity index (χ3n) is 3.48. The van der Waals surface area contributed by atoms with Crippen LogP contribution in [0.25, 0.3) is 10.2 Å². The van der Waals surface area contributed by atoms with Crippen LogP contribution in [0, 0.1) is 0 Å². The highest BCUT2D eigenvalue weighted by atomic mass is 32.2. The Morgan fingerprint density at radius 1 is 1.12 bits per heavy atom. The second kappa shape index (κ2) is 6.36. The van der Waals surface area contributed by atoms with Crippen molar-refractivity contribution in [1.29, 1.82) is 0 Å². The SMILES string of the molecule is CS(=O)(=O)c1ccc2nc(NC(=O)c3ccc(C(F)(F)F)cc3)sc2c1. The van der Waals surface area contributed by atoms with Gasteiger partial charge in [0, 0.05) is 11.8 Å². The lowest BCUT2D eigenvalue weighted by atomic mass is 10.1. The first-order valence-electron chi connectivity index (χ1n) is 7.13. The smallest absolute Gasteiger partial charge is 0.298 e. The lowest BCUT2D eigenvalue weighted by Crippen LogP contribution is -2.12. The van der Waals surface area contributed by atoms with E-state index >= 15 is 0 Å². The van der Waals surface area contributed by atoms with E-state index in [1.54, 1.807) is 0 Å². The van der Waals surface area contributed by atoms with Gasteiger partial charge in [0.05, 0.1) is 20.7 Å². The van der Waals surface area contributed by atoms with Crippen molar-refractivity contribution in [2.24, 2.45) is 0 Å². The number of alkyl halides is 3. The number of sulfone groups is 1. The molecule has 3 rings (SSSR count). The predicted molar refractivity (Wildman–Crippen MR) is 92.1 cm³/mol. The summed E-state index contributed by atoms with van der Waals surface area (Å²) in [6.07, 6.45) is -3.39. The molecule has 0 fully saturated rings. The molecule has 1 N–H and O–H groups in total. The predicted octanol–water partition coefficient (Wildman–Crippen LogP) is 3.97. The number of aromatic nitrogens is 1. The van der Waals surface area contributed by atoms with Gasteiger partial charge >= 0.3 is 6.18 Å². The van der Waals surface area contributed by atoms with Gasteiger partial charge in [-0.25, -0.2) is 13.4 Å². The summed E-state index contributed by atoms with van der Waals surface area (Å²) in [5.74, 6) is -0.610. The summed E-state index contributed by atoms with van der Waals surface area (Å²) in [4.78, 5) is 16.5. The maximum absolute atomic E-state index is 12.6. The molecule has 0 aliphatic heterocycles. The van der Waals surface area contributed by atoms with E-state index in [0.29, 0.717) is 10.2 Å². The fraction of sp³-hybridized carbons (Fsp3) is 0.125. The molecule has 0 aliphatic carbocycles. The van der Waals surface area contributed by atoms with E-state index < -0.39 is 27.5 Å². The van der Waals surface area contributed by atoms with Gasteiger partial charge in [-0.05, 0) is 42.5 Å². The summed E-state index contributed by atoms with van der Waals surface area (Å²) in [5, 5.41) is 2.72. The number of nitrogens with one attached hydrogen (secondary N) is 1. The van der Waals surface area contributed by atoms with E-state index in [0.717, 1.165) is 41.9 Å². The van der Waals surface area contributed by atoms with Crippen molar-refractivity contribution in [3.63, 3.8) is 0 Å². The van der Waals surface area contributed by atoms with Crippen LogP contribution in [0.3, 0.4) is 0 Å². The molecule has 136 valence electrons. The molecule has 0 saturated carbocycles. The highest BCUT2D eigenvalue weighted by Gasteiger charge is 2.30. The first-order valence-corrected chi connectivity index (χ1v) is 9.84. The average Bonchev–Trinajstić information content (AvgIpc) is 2.94. The van der Waals surface area contributed by atoms with Crippen molar-refractivity contribution in [1.82, 2.24) is 4.98 Å². The van der Waals surface area contributed by atoms with Crippen LogP contribution in [-0.2, 0) is 16.0 Å². The largest absolute Gasteiger partial charge is 0.416 e. The topological polar surface area (TPSA) is 76.1 Å². The van der Waals surface area contributed by atoms with Gasteiger partial charge in [0.15, 0.2) is 15.0 Å². The van der Waals surface area contributed by atoms with E-state index in [9.17, 15) is 26.4 Å². The Hall–Kier alpha value is -2.46. The first kappa shape index (κ1) is 18.3. The Kier molecular flexibility index (Phi) is 4.49. The molecule has 0 bridgehead atoms. The van der Waals surface area contributed by atoms with Gasteiger partial charge in [0.2, 0.25) is 0 Å². The zero-order chi connectivity index (χ0) is 19.1. The van der Waals surface area contributed by atoms with E-state index in [1.165, 1.54) is 18.2 Å². The molecular formula is C16H11F3N2O3S2. The van der Waals surface area contributed by atoms with Gasteiger partial charge in [0.25, 0.3) is 5.91 Å². The summed E-state index contributed by atoms with van der Waals surface area (Å²) in [6.45, 7) is 0. The Balaban J connectivity index is 1.83. The minimum Gasteiger partial charge on any atom is -0.298 e. The average molecular weight is 400 g/mol. The van der Waals surface area contributed by atoms with Crippen LogP contribution in [0.2, 0.25) is 0 Å².